The van der Waals surface area contributed by atoms with Crippen LogP contribution in [0.2, 0.25) is 0 Å². The average molecular weight is 297 g/mol. The monoisotopic (exact) mass is 297 g/mol. The fraction of sp³-hybridized carbons (Fsp3) is 0.579. The van der Waals surface area contributed by atoms with Crippen LogP contribution in [0.4, 0.5) is 0 Å². The SMILES string of the molecule is CCNC(c1csc2ccccc12)C1C2C3CCC(C3)C21. The van der Waals surface area contributed by atoms with Crippen molar-refractivity contribution in [2.75, 3.05) is 6.54 Å². The Hall–Kier alpha value is -0.860. The van der Waals surface area contributed by atoms with Crippen LogP contribution in [0.1, 0.15) is 37.8 Å². The number of fused-ring (bicyclic) bond motifs is 6. The molecule has 0 radical (unpaired) electrons. The normalized spacial score (nSPS) is 37.9. The van der Waals surface area contributed by atoms with Gasteiger partial charge in [0.15, 0.2) is 0 Å². The zero-order valence-electron chi connectivity index (χ0n) is 12.6. The van der Waals surface area contributed by atoms with Crippen LogP contribution in [0.15, 0.2) is 29.6 Å². The first-order valence-corrected chi connectivity index (χ1v) is 9.46. The Balaban J connectivity index is 1.52. The van der Waals surface area contributed by atoms with Gasteiger partial charge in [0, 0.05) is 10.7 Å². The number of hydrogen-bond donors (Lipinski definition) is 1. The third-order valence-electron chi connectivity index (χ3n) is 6.45. The molecule has 1 heterocycles. The van der Waals surface area contributed by atoms with Gasteiger partial charge in [0.2, 0.25) is 0 Å². The van der Waals surface area contributed by atoms with Gasteiger partial charge in [-0.25, -0.2) is 0 Å². The number of nitrogens with one attached hydrogen (secondary N) is 1. The molecule has 5 rings (SSSR count). The summed E-state index contributed by atoms with van der Waals surface area (Å²) in [6, 6.07) is 9.54. The lowest BCUT2D eigenvalue weighted by atomic mass is 9.92. The molecule has 21 heavy (non-hydrogen) atoms. The summed E-state index contributed by atoms with van der Waals surface area (Å²) in [4.78, 5) is 0. The lowest BCUT2D eigenvalue weighted by molar-refractivity contribution is 0.376. The van der Waals surface area contributed by atoms with Gasteiger partial charge < -0.3 is 5.32 Å². The van der Waals surface area contributed by atoms with Crippen molar-refractivity contribution in [1.29, 1.82) is 0 Å². The predicted octanol–water partition coefficient (Wildman–Crippen LogP) is 4.84. The lowest BCUT2D eigenvalue weighted by Crippen LogP contribution is -2.25. The van der Waals surface area contributed by atoms with Crippen molar-refractivity contribution in [3.63, 3.8) is 0 Å². The first kappa shape index (κ1) is 12.7. The maximum Gasteiger partial charge on any atom is 0.0368 e. The molecule has 0 aliphatic heterocycles. The summed E-state index contributed by atoms with van der Waals surface area (Å²) < 4.78 is 1.45. The minimum Gasteiger partial charge on any atom is -0.310 e. The van der Waals surface area contributed by atoms with E-state index < -0.39 is 0 Å². The topological polar surface area (TPSA) is 12.0 Å². The molecule has 110 valence electrons. The Morgan fingerprint density at radius 2 is 1.95 bits per heavy atom. The molecular weight excluding hydrogens is 274 g/mol. The van der Waals surface area contributed by atoms with Crippen molar-refractivity contribution in [2.45, 2.75) is 32.2 Å². The van der Waals surface area contributed by atoms with Gasteiger partial charge >= 0.3 is 0 Å². The highest BCUT2D eigenvalue weighted by Crippen LogP contribution is 2.72. The second-order valence-electron chi connectivity index (χ2n) is 7.29. The van der Waals surface area contributed by atoms with Crippen molar-refractivity contribution in [3.05, 3.63) is 35.2 Å². The van der Waals surface area contributed by atoms with Gasteiger partial charge in [-0.3, -0.25) is 0 Å². The molecular formula is C19H23NS. The molecule has 5 atom stereocenters. The molecule has 1 aromatic heterocycles. The third kappa shape index (κ3) is 1.72. The smallest absolute Gasteiger partial charge is 0.0368 e. The van der Waals surface area contributed by atoms with Gasteiger partial charge in [-0.05, 0) is 77.8 Å². The molecule has 2 bridgehead atoms. The molecule has 3 aliphatic rings. The van der Waals surface area contributed by atoms with Gasteiger partial charge in [-0.1, -0.05) is 25.1 Å². The molecule has 1 N–H and O–H groups in total. The summed E-state index contributed by atoms with van der Waals surface area (Å²) in [7, 11) is 0. The summed E-state index contributed by atoms with van der Waals surface area (Å²) in [5.74, 6) is 5.15. The first-order chi connectivity index (χ1) is 10.4. The fourth-order valence-electron chi connectivity index (χ4n) is 5.75. The minimum atomic E-state index is 0.601. The number of rotatable bonds is 4. The largest absolute Gasteiger partial charge is 0.310 e. The molecule has 0 amide bonds. The van der Waals surface area contributed by atoms with Crippen molar-refractivity contribution in [3.8, 4) is 0 Å². The summed E-state index contributed by atoms with van der Waals surface area (Å²) in [5.41, 5.74) is 1.58. The quantitative estimate of drug-likeness (QED) is 0.851. The van der Waals surface area contributed by atoms with Crippen LogP contribution in [0, 0.1) is 29.6 Å². The van der Waals surface area contributed by atoms with Crippen LogP contribution >= 0.6 is 11.3 Å². The molecule has 0 saturated heterocycles. The second kappa shape index (κ2) is 4.57. The Morgan fingerprint density at radius 3 is 2.71 bits per heavy atom. The maximum atomic E-state index is 3.84. The van der Waals surface area contributed by atoms with Gasteiger partial charge in [0.25, 0.3) is 0 Å². The predicted molar refractivity (Wildman–Crippen MR) is 89.5 cm³/mol. The minimum absolute atomic E-state index is 0.601. The number of benzene rings is 1. The molecule has 2 aromatic rings. The van der Waals surface area contributed by atoms with Gasteiger partial charge in [-0.15, -0.1) is 11.3 Å². The van der Waals surface area contributed by atoms with E-state index in [1.807, 2.05) is 11.3 Å². The van der Waals surface area contributed by atoms with E-state index in [0.29, 0.717) is 6.04 Å². The van der Waals surface area contributed by atoms with Gasteiger partial charge in [-0.2, -0.15) is 0 Å². The molecule has 1 aromatic carbocycles. The van der Waals surface area contributed by atoms with Gasteiger partial charge in [0.1, 0.15) is 0 Å². The van der Waals surface area contributed by atoms with Crippen LogP contribution in [-0.4, -0.2) is 6.54 Å². The zero-order valence-corrected chi connectivity index (χ0v) is 13.4. The van der Waals surface area contributed by atoms with E-state index in [9.17, 15) is 0 Å². The summed E-state index contributed by atoms with van der Waals surface area (Å²) in [6.07, 6.45) is 4.59. The van der Waals surface area contributed by atoms with Crippen molar-refractivity contribution >= 4 is 21.4 Å². The van der Waals surface area contributed by atoms with Crippen molar-refractivity contribution in [2.24, 2.45) is 29.6 Å². The van der Waals surface area contributed by atoms with E-state index in [1.54, 1.807) is 12.0 Å². The number of thiophene rings is 1. The van der Waals surface area contributed by atoms with E-state index in [0.717, 1.165) is 36.1 Å². The first-order valence-electron chi connectivity index (χ1n) is 8.58. The van der Waals surface area contributed by atoms with E-state index in [2.05, 4.69) is 41.9 Å². The van der Waals surface area contributed by atoms with Crippen molar-refractivity contribution in [1.82, 2.24) is 5.32 Å². The Labute approximate surface area is 130 Å². The molecule has 3 saturated carbocycles. The molecule has 3 fully saturated rings. The third-order valence-corrected chi connectivity index (χ3v) is 7.43. The summed E-state index contributed by atoms with van der Waals surface area (Å²) in [6.45, 7) is 3.34. The van der Waals surface area contributed by atoms with Crippen LogP contribution < -0.4 is 5.32 Å². The standard InChI is InChI=1S/C19H23NS/c1-2-20-19(14-10-21-15-6-4-3-5-13(14)15)18-16-11-7-8-12(9-11)17(16)18/h3-6,10-12,16-20H,2,7-9H2,1H3. The van der Waals surface area contributed by atoms with Crippen LogP contribution in [0.5, 0.6) is 0 Å². The molecule has 1 nitrogen and oxygen atoms in total. The van der Waals surface area contributed by atoms with Crippen LogP contribution in [0.3, 0.4) is 0 Å². The fourth-order valence-corrected chi connectivity index (χ4v) is 6.75. The Kier molecular flexibility index (Phi) is 2.75. The average Bonchev–Trinajstić information content (AvgIpc) is 2.87. The highest BCUT2D eigenvalue weighted by molar-refractivity contribution is 7.17. The highest BCUT2D eigenvalue weighted by atomic mass is 32.1. The summed E-state index contributed by atoms with van der Waals surface area (Å²) >= 11 is 1.92. The van der Waals surface area contributed by atoms with E-state index >= 15 is 0 Å². The van der Waals surface area contributed by atoms with E-state index in [-0.39, 0.29) is 0 Å². The van der Waals surface area contributed by atoms with Crippen molar-refractivity contribution < 1.29 is 0 Å². The Morgan fingerprint density at radius 1 is 1.19 bits per heavy atom. The van der Waals surface area contributed by atoms with E-state index in [1.165, 1.54) is 22.9 Å². The van der Waals surface area contributed by atoms with Crippen LogP contribution in [-0.2, 0) is 0 Å². The molecule has 0 spiro atoms. The molecule has 5 unspecified atom stereocenters. The summed E-state index contributed by atoms with van der Waals surface area (Å²) in [5, 5.41) is 7.76. The van der Waals surface area contributed by atoms with Gasteiger partial charge in [0.05, 0.1) is 0 Å². The van der Waals surface area contributed by atoms with E-state index in [4.69, 9.17) is 0 Å². The second-order valence-corrected chi connectivity index (χ2v) is 8.20. The Bertz CT molecular complexity index is 659. The molecule has 2 heteroatoms. The zero-order chi connectivity index (χ0) is 14.0. The number of hydrogen-bond acceptors (Lipinski definition) is 2. The highest BCUT2D eigenvalue weighted by Gasteiger charge is 2.66. The lowest BCUT2D eigenvalue weighted by Gasteiger charge is -2.21. The maximum absolute atomic E-state index is 3.84. The van der Waals surface area contributed by atoms with Crippen LogP contribution in [0.25, 0.3) is 10.1 Å². The molecule has 3 aliphatic carbocycles.